The summed E-state index contributed by atoms with van der Waals surface area (Å²) in [7, 11) is -3.42. The first-order chi connectivity index (χ1) is 9.45. The molecule has 0 aliphatic rings. The summed E-state index contributed by atoms with van der Waals surface area (Å²) < 4.78 is 37.3. The summed E-state index contributed by atoms with van der Waals surface area (Å²) >= 11 is 0. The second-order valence-corrected chi connectivity index (χ2v) is 7.27. The molecule has 20 heavy (non-hydrogen) atoms. The summed E-state index contributed by atoms with van der Waals surface area (Å²) in [5.74, 6) is -0.549. The minimum atomic E-state index is -3.42. The van der Waals surface area contributed by atoms with Gasteiger partial charge in [0.05, 0.1) is 10.6 Å². The quantitative estimate of drug-likeness (QED) is 0.555. The number of sulfone groups is 1. The Morgan fingerprint density at radius 1 is 1.00 bits per heavy atom. The molecule has 0 spiro atoms. The monoisotopic (exact) mass is 301 g/mol. The Labute approximate surface area is 121 Å². The van der Waals surface area contributed by atoms with Gasteiger partial charge in [-0.3, -0.25) is 0 Å². The van der Waals surface area contributed by atoms with Gasteiger partial charge in [0.2, 0.25) is 0 Å². The highest BCUT2D eigenvalue weighted by atomic mass is 32.2. The molecule has 2 N–H and O–H groups in total. The van der Waals surface area contributed by atoms with Crippen LogP contribution < -0.4 is 5.73 Å². The fourth-order valence-electron chi connectivity index (χ4n) is 2.13. The molecule has 0 fully saturated rings. The van der Waals surface area contributed by atoms with E-state index in [4.69, 9.17) is 5.73 Å². The van der Waals surface area contributed by atoms with Crippen molar-refractivity contribution in [2.75, 3.05) is 11.5 Å². The summed E-state index contributed by atoms with van der Waals surface area (Å²) in [4.78, 5) is -0.0130. The van der Waals surface area contributed by atoms with Crippen LogP contribution >= 0.6 is 0 Å². The lowest BCUT2D eigenvalue weighted by Crippen LogP contribution is -2.08. The number of hydrogen-bond donors (Lipinski definition) is 1. The van der Waals surface area contributed by atoms with Crippen molar-refractivity contribution in [2.24, 2.45) is 0 Å². The van der Waals surface area contributed by atoms with Gasteiger partial charge in [0.1, 0.15) is 5.82 Å². The number of benzene rings is 1. The molecule has 0 heterocycles. The predicted octanol–water partition coefficient (Wildman–Crippen LogP) is 3.93. The first-order valence-electron chi connectivity index (χ1n) is 7.24. The number of rotatable bonds is 9. The van der Waals surface area contributed by atoms with Crippen LogP contribution in [0.2, 0.25) is 0 Å². The van der Waals surface area contributed by atoms with Gasteiger partial charge in [-0.1, -0.05) is 45.4 Å². The Bertz CT molecular complexity index is 494. The second-order valence-electron chi connectivity index (χ2n) is 5.16. The highest BCUT2D eigenvalue weighted by Crippen LogP contribution is 2.18. The lowest BCUT2D eigenvalue weighted by Gasteiger charge is -2.06. The third-order valence-corrected chi connectivity index (χ3v) is 5.05. The van der Waals surface area contributed by atoms with Crippen LogP contribution in [0.5, 0.6) is 0 Å². The molecule has 0 saturated carbocycles. The van der Waals surface area contributed by atoms with Gasteiger partial charge in [0.15, 0.2) is 9.84 Å². The molecule has 0 radical (unpaired) electrons. The molecule has 1 rings (SSSR count). The lowest BCUT2D eigenvalue weighted by atomic mass is 10.1. The molecule has 0 aliphatic carbocycles. The molecule has 0 bridgehead atoms. The van der Waals surface area contributed by atoms with Gasteiger partial charge in [-0.15, -0.1) is 0 Å². The first-order valence-corrected chi connectivity index (χ1v) is 8.90. The summed E-state index contributed by atoms with van der Waals surface area (Å²) in [6.45, 7) is 2.16. The molecule has 5 heteroatoms. The van der Waals surface area contributed by atoms with E-state index in [0.717, 1.165) is 31.4 Å². The molecule has 114 valence electrons. The highest BCUT2D eigenvalue weighted by Gasteiger charge is 2.15. The average Bonchev–Trinajstić information content (AvgIpc) is 2.36. The number of halogens is 1. The number of hydrogen-bond acceptors (Lipinski definition) is 3. The van der Waals surface area contributed by atoms with E-state index in [1.807, 2.05) is 0 Å². The van der Waals surface area contributed by atoms with E-state index >= 15 is 0 Å². The van der Waals surface area contributed by atoms with E-state index in [1.54, 1.807) is 0 Å². The largest absolute Gasteiger partial charge is 0.399 e. The molecular formula is C15H24FNO2S. The van der Waals surface area contributed by atoms with Crippen molar-refractivity contribution in [3.63, 3.8) is 0 Å². The summed E-state index contributed by atoms with van der Waals surface area (Å²) in [6.07, 6.45) is 7.38. The van der Waals surface area contributed by atoms with Gasteiger partial charge >= 0.3 is 0 Å². The van der Waals surface area contributed by atoms with Crippen molar-refractivity contribution in [3.8, 4) is 0 Å². The Balaban J connectivity index is 2.42. The molecule has 1 aromatic carbocycles. The van der Waals surface area contributed by atoms with Crippen LogP contribution in [0, 0.1) is 5.82 Å². The molecule has 0 unspecified atom stereocenters. The molecule has 0 atom stereocenters. The molecule has 0 saturated heterocycles. The zero-order chi connectivity index (χ0) is 15.0. The van der Waals surface area contributed by atoms with E-state index in [1.165, 1.54) is 25.3 Å². The minimum Gasteiger partial charge on any atom is -0.399 e. The zero-order valence-electron chi connectivity index (χ0n) is 12.1. The van der Waals surface area contributed by atoms with E-state index in [9.17, 15) is 12.8 Å². The van der Waals surface area contributed by atoms with Gasteiger partial charge in [0, 0.05) is 5.69 Å². The van der Waals surface area contributed by atoms with Gasteiger partial charge < -0.3 is 5.73 Å². The van der Waals surface area contributed by atoms with Crippen LogP contribution in [0.4, 0.5) is 10.1 Å². The maximum absolute atomic E-state index is 13.2. The Morgan fingerprint density at radius 3 is 2.20 bits per heavy atom. The molecule has 1 aromatic rings. The van der Waals surface area contributed by atoms with E-state index in [2.05, 4.69) is 6.92 Å². The van der Waals surface area contributed by atoms with Crippen LogP contribution in [-0.4, -0.2) is 14.2 Å². The van der Waals surface area contributed by atoms with Gasteiger partial charge in [0.25, 0.3) is 0 Å². The van der Waals surface area contributed by atoms with Crippen molar-refractivity contribution in [1.29, 1.82) is 0 Å². The van der Waals surface area contributed by atoms with Crippen molar-refractivity contribution < 1.29 is 12.8 Å². The highest BCUT2D eigenvalue weighted by molar-refractivity contribution is 7.91. The van der Waals surface area contributed by atoms with Gasteiger partial charge in [-0.2, -0.15) is 0 Å². The molecule has 3 nitrogen and oxygen atoms in total. The average molecular weight is 301 g/mol. The summed E-state index contributed by atoms with van der Waals surface area (Å²) in [6, 6.07) is 3.47. The van der Waals surface area contributed by atoms with Crippen molar-refractivity contribution in [2.45, 2.75) is 56.8 Å². The number of anilines is 1. The minimum absolute atomic E-state index is 0.0130. The first kappa shape index (κ1) is 17.0. The Hall–Kier alpha value is -1.10. The molecule has 0 amide bonds. The van der Waals surface area contributed by atoms with Crippen LogP contribution in [0.1, 0.15) is 51.9 Å². The van der Waals surface area contributed by atoms with E-state index in [-0.39, 0.29) is 16.3 Å². The summed E-state index contributed by atoms with van der Waals surface area (Å²) in [5.41, 5.74) is 5.62. The lowest BCUT2D eigenvalue weighted by molar-refractivity contribution is 0.576. The third kappa shape index (κ3) is 5.90. The number of nitrogens with two attached hydrogens (primary N) is 1. The topological polar surface area (TPSA) is 60.2 Å². The molecular weight excluding hydrogens is 277 g/mol. The standard InChI is InChI=1S/C15H24FNO2S/c1-2-3-4-5-6-7-8-9-20(18,19)15-11-13(16)10-14(17)12-15/h10-12H,2-9,17H2,1H3. The van der Waals surface area contributed by atoms with Crippen molar-refractivity contribution >= 4 is 15.5 Å². The third-order valence-electron chi connectivity index (χ3n) is 3.27. The number of nitrogen functional groups attached to an aromatic ring is 1. The smallest absolute Gasteiger partial charge is 0.178 e. The van der Waals surface area contributed by atoms with Crippen LogP contribution in [0.25, 0.3) is 0 Å². The van der Waals surface area contributed by atoms with Crippen LogP contribution in [0.3, 0.4) is 0 Å². The maximum Gasteiger partial charge on any atom is 0.178 e. The predicted molar refractivity (Wildman–Crippen MR) is 80.9 cm³/mol. The normalized spacial score (nSPS) is 11.7. The fourth-order valence-corrected chi connectivity index (χ4v) is 3.56. The number of unbranched alkanes of at least 4 members (excludes halogenated alkanes) is 6. The zero-order valence-corrected chi connectivity index (χ0v) is 12.9. The molecule has 0 aliphatic heterocycles. The van der Waals surface area contributed by atoms with Crippen LogP contribution in [0.15, 0.2) is 23.1 Å². The van der Waals surface area contributed by atoms with E-state index in [0.29, 0.717) is 6.42 Å². The second kappa shape index (κ2) is 8.25. The maximum atomic E-state index is 13.2. The Morgan fingerprint density at radius 2 is 1.60 bits per heavy atom. The van der Waals surface area contributed by atoms with Crippen molar-refractivity contribution in [3.05, 3.63) is 24.0 Å². The van der Waals surface area contributed by atoms with Gasteiger partial charge in [-0.25, -0.2) is 12.8 Å². The SMILES string of the molecule is CCCCCCCCCS(=O)(=O)c1cc(N)cc(F)c1. The van der Waals surface area contributed by atoms with Crippen LogP contribution in [-0.2, 0) is 9.84 Å². The fraction of sp³-hybridized carbons (Fsp3) is 0.600. The Kier molecular flexibility index (Phi) is 6.99. The van der Waals surface area contributed by atoms with E-state index < -0.39 is 15.7 Å². The summed E-state index contributed by atoms with van der Waals surface area (Å²) in [5, 5.41) is 0. The van der Waals surface area contributed by atoms with Crippen molar-refractivity contribution in [1.82, 2.24) is 0 Å². The molecule has 0 aromatic heterocycles. The van der Waals surface area contributed by atoms with Gasteiger partial charge in [-0.05, 0) is 24.6 Å².